The zero-order valence-corrected chi connectivity index (χ0v) is 10.2. The Kier molecular flexibility index (Phi) is 3.43. The maximum absolute atomic E-state index is 10.9. The molecule has 1 aromatic heterocycles. The maximum Gasteiger partial charge on any atom is 0.374 e. The van der Waals surface area contributed by atoms with Crippen molar-refractivity contribution in [2.24, 2.45) is 0 Å². The Hall–Kier alpha value is -2.14. The van der Waals surface area contributed by atoms with Crippen molar-refractivity contribution in [2.75, 3.05) is 7.11 Å². The predicted molar refractivity (Wildman–Crippen MR) is 66.0 cm³/mol. The Morgan fingerprint density at radius 1 is 1.33 bits per heavy atom. The van der Waals surface area contributed by atoms with Crippen molar-refractivity contribution < 1.29 is 14.6 Å². The second kappa shape index (κ2) is 5.01. The topological polar surface area (TPSA) is 72.3 Å². The lowest BCUT2D eigenvalue weighted by atomic mass is 10.1. The second-order valence-corrected chi connectivity index (χ2v) is 3.81. The molecule has 0 aliphatic rings. The SMILES string of the molecule is COc1cc(-c2ccccc2Cl)nc(C(=O)O)n1. The van der Waals surface area contributed by atoms with Crippen LogP contribution in [0.25, 0.3) is 11.3 Å². The number of carboxylic acids is 1. The van der Waals surface area contributed by atoms with Crippen molar-refractivity contribution in [3.05, 3.63) is 41.2 Å². The van der Waals surface area contributed by atoms with Gasteiger partial charge in [0, 0.05) is 16.7 Å². The Morgan fingerprint density at radius 2 is 2.06 bits per heavy atom. The smallest absolute Gasteiger partial charge is 0.374 e. The predicted octanol–water partition coefficient (Wildman–Crippen LogP) is 2.50. The van der Waals surface area contributed by atoms with Crippen LogP contribution in [-0.4, -0.2) is 28.2 Å². The van der Waals surface area contributed by atoms with Gasteiger partial charge in [0.15, 0.2) is 0 Å². The summed E-state index contributed by atoms with van der Waals surface area (Å²) < 4.78 is 4.95. The van der Waals surface area contributed by atoms with E-state index in [4.69, 9.17) is 21.4 Å². The van der Waals surface area contributed by atoms with Crippen molar-refractivity contribution in [3.8, 4) is 17.1 Å². The quantitative estimate of drug-likeness (QED) is 0.922. The third-order valence-corrected chi connectivity index (χ3v) is 2.58. The number of aromatic nitrogens is 2. The molecule has 0 aliphatic carbocycles. The van der Waals surface area contributed by atoms with Crippen LogP contribution in [0.4, 0.5) is 0 Å². The molecule has 0 unspecified atom stereocenters. The summed E-state index contributed by atoms with van der Waals surface area (Å²) in [5, 5.41) is 9.41. The lowest BCUT2D eigenvalue weighted by molar-refractivity contribution is 0.0682. The van der Waals surface area contributed by atoms with Gasteiger partial charge in [-0.15, -0.1) is 0 Å². The fourth-order valence-corrected chi connectivity index (χ4v) is 1.66. The van der Waals surface area contributed by atoms with E-state index in [-0.39, 0.29) is 11.7 Å². The zero-order chi connectivity index (χ0) is 13.1. The largest absolute Gasteiger partial charge is 0.481 e. The van der Waals surface area contributed by atoms with E-state index < -0.39 is 5.97 Å². The summed E-state index contributed by atoms with van der Waals surface area (Å²) in [6.45, 7) is 0. The summed E-state index contributed by atoms with van der Waals surface area (Å²) in [6, 6.07) is 8.55. The van der Waals surface area contributed by atoms with Gasteiger partial charge < -0.3 is 9.84 Å². The first-order valence-corrected chi connectivity index (χ1v) is 5.41. The van der Waals surface area contributed by atoms with E-state index in [0.29, 0.717) is 16.3 Å². The summed E-state index contributed by atoms with van der Waals surface area (Å²) >= 11 is 6.04. The number of ether oxygens (including phenoxy) is 1. The van der Waals surface area contributed by atoms with Gasteiger partial charge in [0.1, 0.15) is 0 Å². The van der Waals surface area contributed by atoms with Gasteiger partial charge in [-0.3, -0.25) is 0 Å². The van der Waals surface area contributed by atoms with E-state index >= 15 is 0 Å². The number of rotatable bonds is 3. The highest BCUT2D eigenvalue weighted by Crippen LogP contribution is 2.27. The minimum absolute atomic E-state index is 0.178. The molecule has 0 amide bonds. The standard InChI is InChI=1S/C12H9ClN2O3/c1-18-10-6-9(14-11(15-10)12(16)17)7-4-2-3-5-8(7)13/h2-6H,1H3,(H,16,17). The van der Waals surface area contributed by atoms with E-state index in [0.717, 1.165) is 0 Å². The number of carboxylic acid groups (broad SMARTS) is 1. The number of benzene rings is 1. The van der Waals surface area contributed by atoms with Crippen LogP contribution in [0.2, 0.25) is 5.02 Å². The average Bonchev–Trinajstić information content (AvgIpc) is 2.38. The van der Waals surface area contributed by atoms with Gasteiger partial charge in [-0.05, 0) is 6.07 Å². The van der Waals surface area contributed by atoms with E-state index in [1.54, 1.807) is 24.3 Å². The van der Waals surface area contributed by atoms with Gasteiger partial charge in [-0.1, -0.05) is 29.8 Å². The van der Waals surface area contributed by atoms with Crippen molar-refractivity contribution >= 4 is 17.6 Å². The van der Waals surface area contributed by atoms with Crippen LogP contribution in [0.15, 0.2) is 30.3 Å². The van der Waals surface area contributed by atoms with E-state index in [9.17, 15) is 4.79 Å². The van der Waals surface area contributed by atoms with Crippen molar-refractivity contribution in [3.63, 3.8) is 0 Å². The van der Waals surface area contributed by atoms with Crippen LogP contribution in [0.1, 0.15) is 10.6 Å². The normalized spacial score (nSPS) is 10.1. The van der Waals surface area contributed by atoms with Crippen LogP contribution in [0.3, 0.4) is 0 Å². The summed E-state index contributed by atoms with van der Waals surface area (Å²) in [6.07, 6.45) is 0. The lowest BCUT2D eigenvalue weighted by Gasteiger charge is -2.06. The molecule has 18 heavy (non-hydrogen) atoms. The van der Waals surface area contributed by atoms with Crippen molar-refractivity contribution in [1.82, 2.24) is 9.97 Å². The molecule has 0 saturated heterocycles. The molecule has 1 aromatic carbocycles. The van der Waals surface area contributed by atoms with Crippen LogP contribution < -0.4 is 4.74 Å². The highest BCUT2D eigenvalue weighted by Gasteiger charge is 2.13. The number of halogens is 1. The number of carbonyl (C=O) groups is 1. The minimum Gasteiger partial charge on any atom is -0.481 e. The van der Waals surface area contributed by atoms with E-state index in [1.807, 2.05) is 0 Å². The summed E-state index contributed by atoms with van der Waals surface area (Å²) in [4.78, 5) is 18.6. The number of hydrogen-bond acceptors (Lipinski definition) is 4. The second-order valence-electron chi connectivity index (χ2n) is 3.40. The van der Waals surface area contributed by atoms with Crippen LogP contribution in [0, 0.1) is 0 Å². The summed E-state index contributed by atoms with van der Waals surface area (Å²) in [5.41, 5.74) is 1.03. The molecular weight excluding hydrogens is 256 g/mol. The Labute approximate surface area is 108 Å². The maximum atomic E-state index is 10.9. The minimum atomic E-state index is -1.22. The number of hydrogen-bond donors (Lipinski definition) is 1. The van der Waals surface area contributed by atoms with Crippen molar-refractivity contribution in [2.45, 2.75) is 0 Å². The number of nitrogens with zero attached hydrogens (tertiary/aromatic N) is 2. The fraction of sp³-hybridized carbons (Fsp3) is 0.0833. The first kappa shape index (κ1) is 12.3. The number of methoxy groups -OCH3 is 1. The van der Waals surface area contributed by atoms with Gasteiger partial charge in [0.05, 0.1) is 12.8 Å². The van der Waals surface area contributed by atoms with Gasteiger partial charge >= 0.3 is 5.97 Å². The molecule has 5 nitrogen and oxygen atoms in total. The molecular formula is C12H9ClN2O3. The van der Waals surface area contributed by atoms with Crippen molar-refractivity contribution in [1.29, 1.82) is 0 Å². The number of aromatic carboxylic acids is 1. The molecule has 2 rings (SSSR count). The molecule has 1 heterocycles. The third kappa shape index (κ3) is 2.41. The molecule has 92 valence electrons. The van der Waals surface area contributed by atoms with Gasteiger partial charge in [-0.2, -0.15) is 4.98 Å². The molecule has 1 N–H and O–H groups in total. The van der Waals surface area contributed by atoms with Gasteiger partial charge in [-0.25, -0.2) is 9.78 Å². The molecule has 2 aromatic rings. The molecule has 0 spiro atoms. The third-order valence-electron chi connectivity index (χ3n) is 2.25. The average molecular weight is 265 g/mol. The van der Waals surface area contributed by atoms with Crippen LogP contribution in [-0.2, 0) is 0 Å². The van der Waals surface area contributed by atoms with E-state index in [2.05, 4.69) is 9.97 Å². The molecule has 0 atom stereocenters. The van der Waals surface area contributed by atoms with Crippen LogP contribution >= 0.6 is 11.6 Å². The fourth-order valence-electron chi connectivity index (χ4n) is 1.43. The first-order valence-electron chi connectivity index (χ1n) is 5.03. The first-order chi connectivity index (χ1) is 8.61. The summed E-state index contributed by atoms with van der Waals surface area (Å²) in [5.74, 6) is -1.37. The Balaban J connectivity index is 2.60. The van der Waals surface area contributed by atoms with Gasteiger partial charge in [0.2, 0.25) is 11.7 Å². The van der Waals surface area contributed by atoms with E-state index in [1.165, 1.54) is 13.2 Å². The van der Waals surface area contributed by atoms with Gasteiger partial charge in [0.25, 0.3) is 0 Å². The van der Waals surface area contributed by atoms with Crippen LogP contribution in [0.5, 0.6) is 5.88 Å². The Morgan fingerprint density at radius 3 is 2.67 bits per heavy atom. The highest BCUT2D eigenvalue weighted by molar-refractivity contribution is 6.33. The molecule has 0 aliphatic heterocycles. The zero-order valence-electron chi connectivity index (χ0n) is 9.42. The summed E-state index contributed by atoms with van der Waals surface area (Å²) in [7, 11) is 1.41. The lowest BCUT2D eigenvalue weighted by Crippen LogP contribution is -2.06. The Bertz CT molecular complexity index is 602. The monoisotopic (exact) mass is 264 g/mol. The molecule has 0 saturated carbocycles. The highest BCUT2D eigenvalue weighted by atomic mass is 35.5. The molecule has 0 radical (unpaired) electrons. The molecule has 0 bridgehead atoms. The molecule has 0 fully saturated rings. The molecule has 6 heteroatoms.